The van der Waals surface area contributed by atoms with Gasteiger partial charge in [0.25, 0.3) is 0 Å². The predicted molar refractivity (Wildman–Crippen MR) is 111 cm³/mol. The minimum Gasteiger partial charge on any atom is -0.508 e. The van der Waals surface area contributed by atoms with E-state index in [9.17, 15) is 14.4 Å². The van der Waals surface area contributed by atoms with Crippen molar-refractivity contribution in [3.05, 3.63) is 29.8 Å². The van der Waals surface area contributed by atoms with Crippen LogP contribution in [0.4, 0.5) is 0 Å². The number of carbonyl (C=O) groups is 3. The first kappa shape index (κ1) is 27.3. The highest BCUT2D eigenvalue weighted by atomic mass is 16.4. The number of phenols is 1. The lowest BCUT2D eigenvalue weighted by Crippen LogP contribution is -2.32. The molecule has 0 bridgehead atoms. The molecule has 1 aliphatic heterocycles. The lowest BCUT2D eigenvalue weighted by Gasteiger charge is -2.07. The van der Waals surface area contributed by atoms with Gasteiger partial charge in [-0.1, -0.05) is 26.0 Å². The second-order valence-corrected chi connectivity index (χ2v) is 7.38. The van der Waals surface area contributed by atoms with E-state index in [-0.39, 0.29) is 18.2 Å². The monoisotopic (exact) mass is 427 g/mol. The third-order valence-corrected chi connectivity index (χ3v) is 4.11. The lowest BCUT2D eigenvalue weighted by atomic mass is 10.1. The maximum Gasteiger partial charge on any atom is 0.320 e. The van der Waals surface area contributed by atoms with Crippen molar-refractivity contribution in [3.8, 4) is 5.75 Å². The number of hydrogen-bond donors (Lipinski definition) is 7. The van der Waals surface area contributed by atoms with Crippen LogP contribution in [0.5, 0.6) is 5.75 Å². The quantitative estimate of drug-likeness (QED) is 0.324. The van der Waals surface area contributed by atoms with E-state index in [2.05, 4.69) is 5.32 Å². The summed E-state index contributed by atoms with van der Waals surface area (Å²) in [6.07, 6.45) is 2.61. The Morgan fingerprint density at radius 2 is 1.57 bits per heavy atom. The third-order valence-electron chi connectivity index (χ3n) is 4.11. The van der Waals surface area contributed by atoms with E-state index in [1.807, 2.05) is 13.8 Å². The molecule has 1 aliphatic rings. The van der Waals surface area contributed by atoms with Gasteiger partial charge in [0.05, 0.1) is 0 Å². The van der Waals surface area contributed by atoms with E-state index in [1.54, 1.807) is 12.1 Å². The highest BCUT2D eigenvalue weighted by Gasteiger charge is 2.20. The number of phenolic OH excluding ortho intramolecular Hbond substituents is 1. The van der Waals surface area contributed by atoms with Crippen LogP contribution in [0.25, 0.3) is 0 Å². The van der Waals surface area contributed by atoms with Gasteiger partial charge in [-0.2, -0.15) is 0 Å². The molecule has 1 aromatic carbocycles. The van der Waals surface area contributed by atoms with Crippen LogP contribution in [0.1, 0.15) is 38.7 Å². The number of aliphatic carboxylic acids is 3. The zero-order chi connectivity index (χ0) is 23.3. The van der Waals surface area contributed by atoms with Gasteiger partial charge in [0.2, 0.25) is 0 Å². The Morgan fingerprint density at radius 3 is 1.87 bits per heavy atom. The fraction of sp³-hybridized carbons (Fsp3) is 0.550. The number of nitrogens with one attached hydrogen (secondary N) is 1. The zero-order valence-corrected chi connectivity index (χ0v) is 17.3. The second kappa shape index (κ2) is 14.3. The van der Waals surface area contributed by atoms with Crippen LogP contribution in [-0.4, -0.2) is 63.0 Å². The summed E-state index contributed by atoms with van der Waals surface area (Å²) in [5, 5.41) is 37.0. The van der Waals surface area contributed by atoms with Gasteiger partial charge >= 0.3 is 17.9 Å². The Morgan fingerprint density at radius 1 is 1.03 bits per heavy atom. The van der Waals surface area contributed by atoms with E-state index in [0.717, 1.165) is 24.9 Å². The molecule has 1 fully saturated rings. The maximum absolute atomic E-state index is 10.4. The molecular formula is C20H33N3O7. The topological polar surface area (TPSA) is 196 Å². The highest BCUT2D eigenvalue weighted by Crippen LogP contribution is 2.10. The van der Waals surface area contributed by atoms with Crippen molar-refractivity contribution in [2.45, 2.75) is 57.7 Å². The average molecular weight is 427 g/mol. The van der Waals surface area contributed by atoms with Crippen LogP contribution >= 0.6 is 0 Å². The summed E-state index contributed by atoms with van der Waals surface area (Å²) in [5.41, 5.74) is 11.3. The zero-order valence-electron chi connectivity index (χ0n) is 17.3. The highest BCUT2D eigenvalue weighted by molar-refractivity contribution is 5.74. The summed E-state index contributed by atoms with van der Waals surface area (Å²) in [5.74, 6) is -2.14. The van der Waals surface area contributed by atoms with Gasteiger partial charge in [-0.15, -0.1) is 0 Å². The molecule has 3 atom stereocenters. The summed E-state index contributed by atoms with van der Waals surface area (Å²) < 4.78 is 0. The van der Waals surface area contributed by atoms with Crippen LogP contribution in [-0.2, 0) is 20.8 Å². The molecule has 0 spiro atoms. The molecule has 1 aromatic rings. The number of carboxylic acid groups (broad SMARTS) is 3. The van der Waals surface area contributed by atoms with Crippen molar-refractivity contribution in [1.82, 2.24) is 5.32 Å². The summed E-state index contributed by atoms with van der Waals surface area (Å²) in [4.78, 5) is 30.6. The summed E-state index contributed by atoms with van der Waals surface area (Å²) in [6, 6.07) is 4.47. The number of rotatable bonds is 7. The number of nitrogens with two attached hydrogens (primary N) is 2. The number of aromatic hydroxyl groups is 1. The van der Waals surface area contributed by atoms with E-state index in [1.165, 1.54) is 12.1 Å². The molecule has 0 radical (unpaired) electrons. The first-order valence-corrected chi connectivity index (χ1v) is 9.64. The largest absolute Gasteiger partial charge is 0.508 e. The molecule has 10 nitrogen and oxygen atoms in total. The van der Waals surface area contributed by atoms with Crippen molar-refractivity contribution < 1.29 is 34.8 Å². The summed E-state index contributed by atoms with van der Waals surface area (Å²) >= 11 is 0. The molecule has 0 saturated carbocycles. The third kappa shape index (κ3) is 12.7. The Hall–Kier alpha value is -2.69. The van der Waals surface area contributed by atoms with E-state index < -0.39 is 30.0 Å². The SMILES string of the molecule is CC(C)CC(N)C(=O)O.NC(Cc1ccc(O)cc1)C(=O)O.O=C(O)[C@H]1CCCN1. The molecule has 2 rings (SSSR count). The second-order valence-electron chi connectivity index (χ2n) is 7.38. The molecule has 0 amide bonds. The lowest BCUT2D eigenvalue weighted by molar-refractivity contribution is -0.139. The fourth-order valence-corrected chi connectivity index (χ4v) is 2.48. The number of carboxylic acids is 3. The molecule has 1 saturated heterocycles. The summed E-state index contributed by atoms with van der Waals surface area (Å²) in [7, 11) is 0. The van der Waals surface area contributed by atoms with Gasteiger partial charge in [-0.25, -0.2) is 0 Å². The van der Waals surface area contributed by atoms with Crippen LogP contribution < -0.4 is 16.8 Å². The van der Waals surface area contributed by atoms with Crippen molar-refractivity contribution >= 4 is 17.9 Å². The van der Waals surface area contributed by atoms with Crippen molar-refractivity contribution in [1.29, 1.82) is 0 Å². The van der Waals surface area contributed by atoms with Crippen LogP contribution in [0, 0.1) is 5.92 Å². The predicted octanol–water partition coefficient (Wildman–Crippen LogP) is 0.614. The van der Waals surface area contributed by atoms with Gasteiger partial charge in [-0.3, -0.25) is 14.4 Å². The van der Waals surface area contributed by atoms with Crippen molar-refractivity contribution in [3.63, 3.8) is 0 Å². The van der Waals surface area contributed by atoms with Crippen LogP contribution in [0.15, 0.2) is 24.3 Å². The average Bonchev–Trinajstić information content (AvgIpc) is 3.19. The maximum atomic E-state index is 10.4. The molecule has 170 valence electrons. The first-order chi connectivity index (χ1) is 13.9. The molecule has 9 N–H and O–H groups in total. The van der Waals surface area contributed by atoms with E-state index in [4.69, 9.17) is 31.9 Å². The van der Waals surface area contributed by atoms with E-state index >= 15 is 0 Å². The molecular weight excluding hydrogens is 394 g/mol. The van der Waals surface area contributed by atoms with Gasteiger partial charge in [0.15, 0.2) is 0 Å². The van der Waals surface area contributed by atoms with Gasteiger partial charge in [0.1, 0.15) is 23.9 Å². The Bertz CT molecular complexity index is 659. The first-order valence-electron chi connectivity index (χ1n) is 9.64. The molecule has 10 heteroatoms. The molecule has 0 aromatic heterocycles. The fourth-order valence-electron chi connectivity index (χ4n) is 2.48. The van der Waals surface area contributed by atoms with Gasteiger partial charge in [0, 0.05) is 0 Å². The number of benzene rings is 1. The van der Waals surface area contributed by atoms with Crippen LogP contribution in [0.2, 0.25) is 0 Å². The molecule has 0 aliphatic carbocycles. The van der Waals surface area contributed by atoms with Crippen LogP contribution in [0.3, 0.4) is 0 Å². The molecule has 30 heavy (non-hydrogen) atoms. The Balaban J connectivity index is 0.000000438. The summed E-state index contributed by atoms with van der Waals surface area (Å²) in [6.45, 7) is 4.75. The van der Waals surface area contributed by atoms with Crippen molar-refractivity contribution in [2.75, 3.05) is 6.54 Å². The Kier molecular flexibility index (Phi) is 13.0. The van der Waals surface area contributed by atoms with Crippen molar-refractivity contribution in [2.24, 2.45) is 17.4 Å². The standard InChI is InChI=1S/C9H11NO3.C6H13NO2.C5H9NO2/c10-8(9(12)13)5-6-1-3-7(11)4-2-6;1-4(2)3-5(7)6(8)9;7-5(8)4-2-1-3-6-4/h1-4,8,11H,5,10H2,(H,12,13);4-5H,3,7H2,1-2H3,(H,8,9);4,6H,1-3H2,(H,7,8)/t;;4-/m..1/s1. The Labute approximate surface area is 175 Å². The smallest absolute Gasteiger partial charge is 0.320 e. The minimum atomic E-state index is -1.02. The number of hydrogen-bond acceptors (Lipinski definition) is 7. The van der Waals surface area contributed by atoms with Gasteiger partial charge in [-0.05, 0) is 55.8 Å². The van der Waals surface area contributed by atoms with Gasteiger partial charge < -0.3 is 37.2 Å². The molecule has 2 unspecified atom stereocenters. The minimum absolute atomic E-state index is 0.160. The van der Waals surface area contributed by atoms with E-state index in [0.29, 0.717) is 12.3 Å². The normalized spacial score (nSPS) is 17.0. The molecule has 1 heterocycles.